The van der Waals surface area contributed by atoms with Gasteiger partial charge in [0.15, 0.2) is 0 Å². The van der Waals surface area contributed by atoms with Gasteiger partial charge in [-0.1, -0.05) is 26.2 Å². The average Bonchev–Trinajstić information content (AvgIpc) is 3.01. The molecule has 10 heteroatoms. The molecule has 2 fully saturated rings. The van der Waals surface area contributed by atoms with Crippen molar-refractivity contribution in [1.82, 2.24) is 20.7 Å². The standard InChI is InChI=1S/C22H31N5O5/c1-3-26(15-19(29)23-16-7-9-17(32-2)10-8-16)14-11-18(28)25-27-20(30)22(24-21(27)31)12-5-4-6-13-22/h7-10H,3-6,11-15H2,1-2H3,(H,23,29)(H,24,31)(H,25,28). The lowest BCUT2D eigenvalue weighted by atomic mass is 9.82. The zero-order chi connectivity index (χ0) is 23.1. The van der Waals surface area contributed by atoms with Gasteiger partial charge < -0.3 is 15.4 Å². The summed E-state index contributed by atoms with van der Waals surface area (Å²) >= 11 is 0. The number of nitrogens with zero attached hydrogens (tertiary/aromatic N) is 2. The van der Waals surface area contributed by atoms with Crippen LogP contribution in [0.3, 0.4) is 0 Å². The number of hydrogen-bond acceptors (Lipinski definition) is 6. The van der Waals surface area contributed by atoms with Crippen LogP contribution < -0.4 is 20.8 Å². The second-order valence-corrected chi connectivity index (χ2v) is 8.14. The number of methoxy groups -OCH3 is 1. The number of hydrazine groups is 1. The summed E-state index contributed by atoms with van der Waals surface area (Å²) in [5, 5.41) is 6.37. The highest BCUT2D eigenvalue weighted by Gasteiger charge is 2.52. The SMILES string of the molecule is CCN(CCC(=O)NN1C(=O)NC2(CCCCC2)C1=O)CC(=O)Nc1ccc(OC)cc1. The number of amides is 5. The first-order valence-electron chi connectivity index (χ1n) is 11.0. The van der Waals surface area contributed by atoms with E-state index in [4.69, 9.17) is 4.74 Å². The fraction of sp³-hybridized carbons (Fsp3) is 0.545. The van der Waals surface area contributed by atoms with E-state index in [2.05, 4.69) is 16.1 Å². The first kappa shape index (κ1) is 23.5. The summed E-state index contributed by atoms with van der Waals surface area (Å²) in [6.07, 6.45) is 4.02. The van der Waals surface area contributed by atoms with Crippen molar-refractivity contribution >= 4 is 29.4 Å². The molecule has 0 unspecified atom stereocenters. The predicted molar refractivity (Wildman–Crippen MR) is 118 cm³/mol. The number of benzene rings is 1. The van der Waals surface area contributed by atoms with E-state index in [1.807, 2.05) is 11.8 Å². The number of ether oxygens (including phenoxy) is 1. The molecule has 1 saturated heterocycles. The second kappa shape index (κ2) is 10.4. The third-order valence-corrected chi connectivity index (χ3v) is 5.95. The average molecular weight is 446 g/mol. The van der Waals surface area contributed by atoms with E-state index in [-0.39, 0.29) is 24.8 Å². The number of carbonyl (C=O) groups is 4. The number of likely N-dealkylation sites (N-methyl/N-ethyl adjacent to an activating group) is 1. The van der Waals surface area contributed by atoms with Crippen LogP contribution in [0.5, 0.6) is 5.75 Å². The molecule has 1 aliphatic carbocycles. The molecule has 10 nitrogen and oxygen atoms in total. The molecule has 32 heavy (non-hydrogen) atoms. The van der Waals surface area contributed by atoms with Crippen LogP contribution in [0, 0.1) is 0 Å². The fourth-order valence-electron chi connectivity index (χ4n) is 4.08. The van der Waals surface area contributed by atoms with Gasteiger partial charge in [0.25, 0.3) is 5.91 Å². The second-order valence-electron chi connectivity index (χ2n) is 8.14. The maximum Gasteiger partial charge on any atom is 0.344 e. The zero-order valence-corrected chi connectivity index (χ0v) is 18.6. The van der Waals surface area contributed by atoms with Crippen LogP contribution in [0.2, 0.25) is 0 Å². The first-order valence-corrected chi connectivity index (χ1v) is 11.0. The van der Waals surface area contributed by atoms with E-state index in [0.29, 0.717) is 37.4 Å². The highest BCUT2D eigenvalue weighted by atomic mass is 16.5. The summed E-state index contributed by atoms with van der Waals surface area (Å²) < 4.78 is 5.10. The van der Waals surface area contributed by atoms with E-state index >= 15 is 0 Å². The highest BCUT2D eigenvalue weighted by Crippen LogP contribution is 2.33. The number of urea groups is 1. The van der Waals surface area contributed by atoms with Crippen LogP contribution in [0.25, 0.3) is 0 Å². The van der Waals surface area contributed by atoms with Crippen molar-refractivity contribution in [2.45, 2.75) is 51.0 Å². The van der Waals surface area contributed by atoms with Gasteiger partial charge in [0.2, 0.25) is 11.8 Å². The summed E-state index contributed by atoms with van der Waals surface area (Å²) in [6, 6.07) is 6.42. The molecule has 1 aliphatic heterocycles. The molecule has 2 aliphatic rings. The topological polar surface area (TPSA) is 120 Å². The van der Waals surface area contributed by atoms with Crippen molar-refractivity contribution in [3.63, 3.8) is 0 Å². The molecule has 1 aromatic rings. The number of anilines is 1. The summed E-state index contributed by atoms with van der Waals surface area (Å²) in [6.45, 7) is 2.88. The fourth-order valence-corrected chi connectivity index (χ4v) is 4.08. The molecule has 3 rings (SSSR count). The molecule has 174 valence electrons. The van der Waals surface area contributed by atoms with Crippen molar-refractivity contribution in [2.75, 3.05) is 32.1 Å². The Morgan fingerprint density at radius 2 is 1.81 bits per heavy atom. The summed E-state index contributed by atoms with van der Waals surface area (Å²) in [4.78, 5) is 51.5. The summed E-state index contributed by atoms with van der Waals surface area (Å²) in [5.41, 5.74) is 2.20. The molecule has 1 saturated carbocycles. The number of rotatable bonds is 9. The molecule has 0 bridgehead atoms. The Morgan fingerprint density at radius 1 is 1.12 bits per heavy atom. The minimum atomic E-state index is -0.877. The van der Waals surface area contributed by atoms with Crippen molar-refractivity contribution < 1.29 is 23.9 Å². The number of carbonyl (C=O) groups excluding carboxylic acids is 4. The van der Waals surface area contributed by atoms with Crippen molar-refractivity contribution in [3.8, 4) is 5.75 Å². The number of hydrogen-bond donors (Lipinski definition) is 3. The van der Waals surface area contributed by atoms with Gasteiger partial charge in [-0.05, 0) is 43.7 Å². The Balaban J connectivity index is 1.45. The van der Waals surface area contributed by atoms with Gasteiger partial charge in [0.1, 0.15) is 11.3 Å². The van der Waals surface area contributed by atoms with Crippen LogP contribution in [0.15, 0.2) is 24.3 Å². The molecule has 0 aromatic heterocycles. The third-order valence-electron chi connectivity index (χ3n) is 5.95. The molecule has 1 spiro atoms. The van der Waals surface area contributed by atoms with Crippen molar-refractivity contribution in [3.05, 3.63) is 24.3 Å². The van der Waals surface area contributed by atoms with Gasteiger partial charge in [-0.15, -0.1) is 0 Å². The van der Waals surface area contributed by atoms with Gasteiger partial charge >= 0.3 is 6.03 Å². The van der Waals surface area contributed by atoms with E-state index < -0.39 is 17.5 Å². The Kier molecular flexibility index (Phi) is 7.68. The molecule has 1 heterocycles. The molecule has 5 amide bonds. The predicted octanol–water partition coefficient (Wildman–Crippen LogP) is 1.63. The van der Waals surface area contributed by atoms with E-state index in [0.717, 1.165) is 24.3 Å². The van der Waals surface area contributed by atoms with Gasteiger partial charge in [0, 0.05) is 18.7 Å². The van der Waals surface area contributed by atoms with E-state index in [1.165, 1.54) is 0 Å². The first-order chi connectivity index (χ1) is 15.4. The Labute approximate surface area is 187 Å². The smallest absolute Gasteiger partial charge is 0.344 e. The quantitative estimate of drug-likeness (QED) is 0.497. The van der Waals surface area contributed by atoms with Gasteiger partial charge in [-0.3, -0.25) is 24.7 Å². The minimum Gasteiger partial charge on any atom is -0.497 e. The molecule has 3 N–H and O–H groups in total. The van der Waals surface area contributed by atoms with E-state index in [1.54, 1.807) is 31.4 Å². The summed E-state index contributed by atoms with van der Waals surface area (Å²) in [7, 11) is 1.57. The van der Waals surface area contributed by atoms with Crippen LogP contribution in [0.1, 0.15) is 45.4 Å². The van der Waals surface area contributed by atoms with Crippen molar-refractivity contribution in [1.29, 1.82) is 0 Å². The van der Waals surface area contributed by atoms with E-state index in [9.17, 15) is 19.2 Å². The normalized spacial score (nSPS) is 17.4. The van der Waals surface area contributed by atoms with Crippen LogP contribution in [-0.2, 0) is 14.4 Å². The van der Waals surface area contributed by atoms with Gasteiger partial charge in [0.05, 0.1) is 13.7 Å². The molecular formula is C22H31N5O5. The Morgan fingerprint density at radius 3 is 2.44 bits per heavy atom. The van der Waals surface area contributed by atoms with Crippen LogP contribution >= 0.6 is 0 Å². The van der Waals surface area contributed by atoms with Gasteiger partial charge in [-0.25, -0.2) is 4.79 Å². The summed E-state index contributed by atoms with van der Waals surface area (Å²) in [5.74, 6) is -0.341. The monoisotopic (exact) mass is 445 g/mol. The number of imide groups is 1. The molecule has 1 aromatic carbocycles. The highest BCUT2D eigenvalue weighted by molar-refractivity contribution is 6.08. The zero-order valence-electron chi connectivity index (χ0n) is 18.6. The molecule has 0 radical (unpaired) electrons. The van der Waals surface area contributed by atoms with Crippen LogP contribution in [0.4, 0.5) is 10.5 Å². The van der Waals surface area contributed by atoms with Crippen molar-refractivity contribution in [2.24, 2.45) is 0 Å². The third kappa shape index (κ3) is 5.56. The Hall–Kier alpha value is -3.14. The van der Waals surface area contributed by atoms with Gasteiger partial charge in [-0.2, -0.15) is 5.01 Å². The lowest BCUT2D eigenvalue weighted by Crippen LogP contribution is -2.51. The maximum absolute atomic E-state index is 12.7. The largest absolute Gasteiger partial charge is 0.497 e. The molecular weight excluding hydrogens is 414 g/mol. The maximum atomic E-state index is 12.7. The number of nitrogens with one attached hydrogen (secondary N) is 3. The Bertz CT molecular complexity index is 851. The minimum absolute atomic E-state index is 0.0493. The van der Waals surface area contributed by atoms with Crippen LogP contribution in [-0.4, -0.2) is 65.9 Å². The molecule has 0 atom stereocenters. The lowest BCUT2D eigenvalue weighted by Gasteiger charge is -2.30. The lowest BCUT2D eigenvalue weighted by molar-refractivity contribution is -0.140.